The Morgan fingerprint density at radius 1 is 1.32 bits per heavy atom. The van der Waals surface area contributed by atoms with Crippen molar-refractivity contribution in [2.75, 3.05) is 18.1 Å². The number of fused-ring (bicyclic) bond motifs is 1. The summed E-state index contributed by atoms with van der Waals surface area (Å²) in [4.78, 5) is 22.1. The molecule has 0 fully saturated rings. The first-order valence-electron chi connectivity index (χ1n) is 6.15. The summed E-state index contributed by atoms with van der Waals surface area (Å²) in [5.41, 5.74) is 1.70. The van der Waals surface area contributed by atoms with E-state index in [4.69, 9.17) is 4.74 Å². The Kier molecular flexibility index (Phi) is 2.87. The van der Waals surface area contributed by atoms with Crippen molar-refractivity contribution in [3.63, 3.8) is 0 Å². The van der Waals surface area contributed by atoms with Crippen LogP contribution in [-0.2, 0) is 4.79 Å². The van der Waals surface area contributed by atoms with Crippen molar-refractivity contribution in [1.29, 1.82) is 0 Å². The number of likely N-dealkylation sites (N-methyl/N-ethyl adjacent to an activating group) is 1. The lowest BCUT2D eigenvalue weighted by Crippen LogP contribution is -2.39. The molecule has 19 heavy (non-hydrogen) atoms. The molecule has 2 aromatic rings. The van der Waals surface area contributed by atoms with Crippen LogP contribution >= 0.6 is 0 Å². The molecule has 1 aliphatic rings. The molecule has 5 nitrogen and oxygen atoms in total. The lowest BCUT2D eigenvalue weighted by molar-refractivity contribution is -0.121. The van der Waals surface area contributed by atoms with Crippen LogP contribution in [0.3, 0.4) is 0 Å². The SMILES string of the molecule is CCN1C(=O)COc2ncc(-c3ccccc3)nc21. The highest BCUT2D eigenvalue weighted by atomic mass is 16.5. The number of aromatic nitrogens is 2. The third-order valence-electron chi connectivity index (χ3n) is 3.00. The first-order chi connectivity index (χ1) is 9.29. The number of carbonyl (C=O) groups excluding carboxylic acids is 1. The van der Waals surface area contributed by atoms with E-state index in [9.17, 15) is 4.79 Å². The van der Waals surface area contributed by atoms with Gasteiger partial charge in [-0.1, -0.05) is 30.3 Å². The average Bonchev–Trinajstić information content (AvgIpc) is 2.47. The summed E-state index contributed by atoms with van der Waals surface area (Å²) in [6.45, 7) is 2.49. The number of hydrogen-bond acceptors (Lipinski definition) is 4. The third-order valence-corrected chi connectivity index (χ3v) is 3.00. The van der Waals surface area contributed by atoms with E-state index < -0.39 is 0 Å². The zero-order valence-corrected chi connectivity index (χ0v) is 10.5. The number of rotatable bonds is 2. The second kappa shape index (κ2) is 4.68. The molecular weight excluding hydrogens is 242 g/mol. The van der Waals surface area contributed by atoms with Crippen molar-refractivity contribution in [3.8, 4) is 17.1 Å². The number of amides is 1. The van der Waals surface area contributed by atoms with E-state index in [2.05, 4.69) is 9.97 Å². The Bertz CT molecular complexity index is 613. The Morgan fingerprint density at radius 2 is 2.11 bits per heavy atom. The van der Waals surface area contributed by atoms with Crippen LogP contribution in [0.25, 0.3) is 11.3 Å². The van der Waals surface area contributed by atoms with Crippen molar-refractivity contribution in [1.82, 2.24) is 9.97 Å². The molecule has 0 radical (unpaired) electrons. The summed E-state index contributed by atoms with van der Waals surface area (Å²) < 4.78 is 5.29. The second-order valence-corrected chi connectivity index (χ2v) is 4.18. The number of nitrogens with zero attached hydrogens (tertiary/aromatic N) is 3. The molecule has 1 amide bonds. The Morgan fingerprint density at radius 3 is 2.84 bits per heavy atom. The predicted octanol–water partition coefficient (Wildman–Crippen LogP) is 1.89. The highest BCUT2D eigenvalue weighted by molar-refractivity contribution is 5.96. The number of hydrogen-bond donors (Lipinski definition) is 0. The van der Waals surface area contributed by atoms with Crippen LogP contribution in [0.1, 0.15) is 6.92 Å². The van der Waals surface area contributed by atoms with E-state index in [-0.39, 0.29) is 12.5 Å². The third kappa shape index (κ3) is 2.03. The Hall–Kier alpha value is -2.43. The fraction of sp³-hybridized carbons (Fsp3) is 0.214. The summed E-state index contributed by atoms with van der Waals surface area (Å²) in [7, 11) is 0. The second-order valence-electron chi connectivity index (χ2n) is 4.18. The molecule has 3 rings (SSSR count). The molecule has 0 spiro atoms. The van der Waals surface area contributed by atoms with Gasteiger partial charge in [-0.3, -0.25) is 9.69 Å². The van der Waals surface area contributed by atoms with Gasteiger partial charge in [-0.25, -0.2) is 9.97 Å². The molecule has 0 aliphatic carbocycles. The van der Waals surface area contributed by atoms with Crippen LogP contribution < -0.4 is 9.64 Å². The molecule has 0 saturated heterocycles. The Balaban J connectivity index is 2.08. The molecule has 0 saturated carbocycles. The van der Waals surface area contributed by atoms with Gasteiger partial charge in [0.25, 0.3) is 11.8 Å². The van der Waals surface area contributed by atoms with Crippen LogP contribution in [-0.4, -0.2) is 29.0 Å². The van der Waals surface area contributed by atoms with E-state index >= 15 is 0 Å². The first-order valence-corrected chi connectivity index (χ1v) is 6.15. The van der Waals surface area contributed by atoms with Gasteiger partial charge in [0, 0.05) is 12.1 Å². The van der Waals surface area contributed by atoms with Crippen LogP contribution in [0.5, 0.6) is 5.88 Å². The van der Waals surface area contributed by atoms with Gasteiger partial charge in [-0.2, -0.15) is 0 Å². The summed E-state index contributed by atoms with van der Waals surface area (Å²) in [5.74, 6) is 0.829. The molecule has 2 heterocycles. The van der Waals surface area contributed by atoms with Crippen molar-refractivity contribution in [3.05, 3.63) is 36.5 Å². The largest absolute Gasteiger partial charge is 0.465 e. The van der Waals surface area contributed by atoms with Crippen molar-refractivity contribution >= 4 is 11.7 Å². The van der Waals surface area contributed by atoms with Crippen LogP contribution in [0.4, 0.5) is 5.82 Å². The van der Waals surface area contributed by atoms with Gasteiger partial charge in [0.05, 0.1) is 11.9 Å². The molecular formula is C14H13N3O2. The Labute approximate surface area is 110 Å². The smallest absolute Gasteiger partial charge is 0.266 e. The van der Waals surface area contributed by atoms with Crippen LogP contribution in [0.15, 0.2) is 36.5 Å². The van der Waals surface area contributed by atoms with Gasteiger partial charge in [-0.05, 0) is 6.92 Å². The van der Waals surface area contributed by atoms with Gasteiger partial charge < -0.3 is 4.74 Å². The maximum Gasteiger partial charge on any atom is 0.266 e. The molecule has 96 valence electrons. The molecule has 5 heteroatoms. The standard InChI is InChI=1S/C14H13N3O2/c1-2-17-12(18)9-19-14-13(17)16-11(8-15-14)10-6-4-3-5-7-10/h3-8H,2,9H2,1H3. The minimum Gasteiger partial charge on any atom is -0.465 e. The minimum absolute atomic E-state index is 0.0280. The molecule has 0 unspecified atom stereocenters. The summed E-state index contributed by atoms with van der Waals surface area (Å²) in [6, 6.07) is 9.74. The zero-order valence-electron chi connectivity index (χ0n) is 10.5. The summed E-state index contributed by atoms with van der Waals surface area (Å²) >= 11 is 0. The maximum atomic E-state index is 11.8. The molecule has 1 aromatic carbocycles. The normalized spacial score (nSPS) is 13.9. The average molecular weight is 255 g/mol. The van der Waals surface area contributed by atoms with Gasteiger partial charge in [0.1, 0.15) is 0 Å². The van der Waals surface area contributed by atoms with E-state index in [1.54, 1.807) is 11.1 Å². The minimum atomic E-state index is -0.0884. The lowest BCUT2D eigenvalue weighted by Gasteiger charge is -2.26. The lowest BCUT2D eigenvalue weighted by atomic mass is 10.2. The maximum absolute atomic E-state index is 11.8. The highest BCUT2D eigenvalue weighted by Crippen LogP contribution is 2.30. The quantitative estimate of drug-likeness (QED) is 0.822. The van der Waals surface area contributed by atoms with E-state index in [0.717, 1.165) is 11.3 Å². The number of anilines is 1. The van der Waals surface area contributed by atoms with Gasteiger partial charge in [0.2, 0.25) is 0 Å². The van der Waals surface area contributed by atoms with Crippen molar-refractivity contribution in [2.24, 2.45) is 0 Å². The van der Waals surface area contributed by atoms with Crippen molar-refractivity contribution < 1.29 is 9.53 Å². The molecule has 0 atom stereocenters. The topological polar surface area (TPSA) is 55.3 Å². The van der Waals surface area contributed by atoms with Gasteiger partial charge >= 0.3 is 0 Å². The predicted molar refractivity (Wildman–Crippen MR) is 71.0 cm³/mol. The van der Waals surface area contributed by atoms with Crippen LogP contribution in [0, 0.1) is 0 Å². The fourth-order valence-corrected chi connectivity index (χ4v) is 2.05. The van der Waals surface area contributed by atoms with E-state index in [1.165, 1.54) is 0 Å². The van der Waals surface area contributed by atoms with Crippen molar-refractivity contribution in [2.45, 2.75) is 6.92 Å². The zero-order chi connectivity index (χ0) is 13.2. The molecule has 0 N–H and O–H groups in total. The molecule has 1 aliphatic heterocycles. The van der Waals surface area contributed by atoms with E-state index in [1.807, 2.05) is 37.3 Å². The van der Waals surface area contributed by atoms with E-state index in [0.29, 0.717) is 18.2 Å². The molecule has 0 bridgehead atoms. The first kappa shape index (κ1) is 11.6. The fourth-order valence-electron chi connectivity index (χ4n) is 2.05. The number of carbonyl (C=O) groups is 1. The van der Waals surface area contributed by atoms with Gasteiger partial charge in [0.15, 0.2) is 12.4 Å². The number of benzene rings is 1. The van der Waals surface area contributed by atoms with Gasteiger partial charge in [-0.15, -0.1) is 0 Å². The number of ether oxygens (including phenoxy) is 1. The highest BCUT2D eigenvalue weighted by Gasteiger charge is 2.27. The monoisotopic (exact) mass is 255 g/mol. The summed E-state index contributed by atoms with van der Waals surface area (Å²) in [6.07, 6.45) is 1.66. The van der Waals surface area contributed by atoms with Crippen LogP contribution in [0.2, 0.25) is 0 Å². The molecule has 1 aromatic heterocycles. The summed E-state index contributed by atoms with van der Waals surface area (Å²) in [5, 5.41) is 0.